The topological polar surface area (TPSA) is 61.4 Å². The Bertz CT molecular complexity index is 510. The molecule has 1 aliphatic rings. The van der Waals surface area contributed by atoms with Crippen LogP contribution in [0.1, 0.15) is 69.4 Å². The van der Waals surface area contributed by atoms with Gasteiger partial charge in [0.15, 0.2) is 0 Å². The number of carbonyl (C=O) groups excluding carboxylic acids is 1. The number of amides is 1. The summed E-state index contributed by atoms with van der Waals surface area (Å²) in [5, 5.41) is 16.3. The molecule has 0 saturated carbocycles. The van der Waals surface area contributed by atoms with E-state index in [1.54, 1.807) is 6.07 Å². The number of benzene rings is 1. The zero-order valence-electron chi connectivity index (χ0n) is 14.9. The van der Waals surface area contributed by atoms with E-state index in [0.717, 1.165) is 43.4 Å². The number of aryl methyl sites for hydroxylation is 1. The number of hydrogen-bond acceptors (Lipinski definition) is 3. The van der Waals surface area contributed by atoms with E-state index in [-0.39, 0.29) is 11.9 Å². The fourth-order valence-electron chi connectivity index (χ4n) is 3.25. The lowest BCUT2D eigenvalue weighted by molar-refractivity contribution is -0.122. The second kappa shape index (κ2) is 10.3. The highest BCUT2D eigenvalue weighted by Gasteiger charge is 2.21. The highest BCUT2D eigenvalue weighted by molar-refractivity contribution is 5.81. The van der Waals surface area contributed by atoms with E-state index < -0.39 is 0 Å². The molecule has 0 bridgehead atoms. The standard InChI is InChI=1S/C20H32N2O2/c1-2-3-4-5-6-7-9-17-12-11-16(14-19(17)23)15-22-20(24)18-10-8-13-21-18/h11-12,14,18,21,23H,2-10,13,15H2,1H3,(H,22,24). The largest absolute Gasteiger partial charge is 0.508 e. The molecule has 1 fully saturated rings. The summed E-state index contributed by atoms with van der Waals surface area (Å²) >= 11 is 0. The molecule has 1 amide bonds. The van der Waals surface area contributed by atoms with Crippen LogP contribution in [0.15, 0.2) is 18.2 Å². The Morgan fingerprint density at radius 2 is 2.04 bits per heavy atom. The van der Waals surface area contributed by atoms with Gasteiger partial charge < -0.3 is 15.7 Å². The van der Waals surface area contributed by atoms with Crippen LogP contribution >= 0.6 is 0 Å². The number of nitrogens with one attached hydrogen (secondary N) is 2. The quantitative estimate of drug-likeness (QED) is 0.573. The van der Waals surface area contributed by atoms with Crippen LogP contribution in [0.3, 0.4) is 0 Å². The van der Waals surface area contributed by atoms with Crippen LogP contribution < -0.4 is 10.6 Å². The summed E-state index contributed by atoms with van der Waals surface area (Å²) in [5.74, 6) is 0.414. The van der Waals surface area contributed by atoms with Crippen LogP contribution in [-0.2, 0) is 17.8 Å². The van der Waals surface area contributed by atoms with Gasteiger partial charge in [-0.1, -0.05) is 51.2 Å². The molecule has 0 aliphatic carbocycles. The van der Waals surface area contributed by atoms with E-state index >= 15 is 0 Å². The maximum Gasteiger partial charge on any atom is 0.237 e. The Kier molecular flexibility index (Phi) is 8.10. The van der Waals surface area contributed by atoms with Gasteiger partial charge in [0, 0.05) is 6.54 Å². The lowest BCUT2D eigenvalue weighted by Gasteiger charge is -2.12. The Hall–Kier alpha value is -1.55. The molecule has 1 aromatic carbocycles. The molecule has 0 aromatic heterocycles. The normalized spacial score (nSPS) is 17.1. The van der Waals surface area contributed by atoms with Crippen molar-refractivity contribution in [3.63, 3.8) is 0 Å². The van der Waals surface area contributed by atoms with Crippen molar-refractivity contribution in [1.82, 2.24) is 10.6 Å². The van der Waals surface area contributed by atoms with Gasteiger partial charge in [-0.2, -0.15) is 0 Å². The molecule has 1 aromatic rings. The molecule has 1 unspecified atom stereocenters. The van der Waals surface area contributed by atoms with Gasteiger partial charge in [-0.15, -0.1) is 0 Å². The van der Waals surface area contributed by atoms with Crippen molar-refractivity contribution in [3.8, 4) is 5.75 Å². The van der Waals surface area contributed by atoms with Crippen LogP contribution in [0.2, 0.25) is 0 Å². The van der Waals surface area contributed by atoms with E-state index in [4.69, 9.17) is 0 Å². The number of phenolic OH excluding ortho intramolecular Hbond substituents is 1. The first kappa shape index (κ1) is 18.8. The maximum absolute atomic E-state index is 12.0. The second-order valence-electron chi connectivity index (χ2n) is 6.85. The summed E-state index contributed by atoms with van der Waals surface area (Å²) < 4.78 is 0. The fraction of sp³-hybridized carbons (Fsp3) is 0.650. The molecule has 3 N–H and O–H groups in total. The van der Waals surface area contributed by atoms with Gasteiger partial charge in [0.2, 0.25) is 5.91 Å². The first-order chi connectivity index (χ1) is 11.7. The average molecular weight is 332 g/mol. The molecule has 1 atom stereocenters. The molecule has 4 heteroatoms. The highest BCUT2D eigenvalue weighted by atomic mass is 16.3. The smallest absolute Gasteiger partial charge is 0.237 e. The van der Waals surface area contributed by atoms with E-state index in [1.807, 2.05) is 12.1 Å². The molecule has 1 aliphatic heterocycles. The zero-order valence-corrected chi connectivity index (χ0v) is 14.9. The Morgan fingerprint density at radius 1 is 1.25 bits per heavy atom. The summed E-state index contributed by atoms with van der Waals surface area (Å²) in [5.41, 5.74) is 1.96. The van der Waals surface area contributed by atoms with Crippen molar-refractivity contribution in [2.75, 3.05) is 6.54 Å². The molecule has 4 nitrogen and oxygen atoms in total. The minimum absolute atomic E-state index is 0.0504. The predicted molar refractivity (Wildman–Crippen MR) is 98.1 cm³/mol. The fourth-order valence-corrected chi connectivity index (χ4v) is 3.25. The first-order valence-corrected chi connectivity index (χ1v) is 9.52. The molecule has 2 rings (SSSR count). The molecule has 134 valence electrons. The summed E-state index contributed by atoms with van der Waals surface area (Å²) in [6.07, 6.45) is 10.5. The van der Waals surface area contributed by atoms with Crippen molar-refractivity contribution < 1.29 is 9.90 Å². The molecular formula is C20H32N2O2. The van der Waals surface area contributed by atoms with E-state index in [1.165, 1.54) is 32.1 Å². The van der Waals surface area contributed by atoms with E-state index in [0.29, 0.717) is 12.3 Å². The van der Waals surface area contributed by atoms with Gasteiger partial charge in [-0.05, 0) is 49.4 Å². The third-order valence-electron chi connectivity index (χ3n) is 4.79. The molecule has 0 spiro atoms. The highest BCUT2D eigenvalue weighted by Crippen LogP contribution is 2.21. The molecule has 24 heavy (non-hydrogen) atoms. The van der Waals surface area contributed by atoms with Crippen molar-refractivity contribution >= 4 is 5.91 Å². The van der Waals surface area contributed by atoms with Gasteiger partial charge in [0.05, 0.1) is 6.04 Å². The predicted octanol–water partition coefficient (Wildman–Crippen LogP) is 3.66. The van der Waals surface area contributed by atoms with Gasteiger partial charge in [-0.3, -0.25) is 4.79 Å². The summed E-state index contributed by atoms with van der Waals surface area (Å²) in [7, 11) is 0. The minimum atomic E-state index is -0.0504. The second-order valence-corrected chi connectivity index (χ2v) is 6.85. The van der Waals surface area contributed by atoms with Crippen molar-refractivity contribution in [1.29, 1.82) is 0 Å². The molecular weight excluding hydrogens is 300 g/mol. The number of unbranched alkanes of at least 4 members (excludes halogenated alkanes) is 5. The summed E-state index contributed by atoms with van der Waals surface area (Å²) in [6, 6.07) is 5.74. The number of hydrogen-bond donors (Lipinski definition) is 3. The van der Waals surface area contributed by atoms with Gasteiger partial charge in [-0.25, -0.2) is 0 Å². The molecule has 1 saturated heterocycles. The van der Waals surface area contributed by atoms with Crippen LogP contribution in [0.5, 0.6) is 5.75 Å². The molecule has 0 radical (unpaired) electrons. The third kappa shape index (κ3) is 6.16. The Labute approximate surface area is 146 Å². The van der Waals surface area contributed by atoms with Crippen molar-refractivity contribution in [2.24, 2.45) is 0 Å². The van der Waals surface area contributed by atoms with Crippen LogP contribution in [0.25, 0.3) is 0 Å². The van der Waals surface area contributed by atoms with Crippen molar-refractivity contribution in [3.05, 3.63) is 29.3 Å². The van der Waals surface area contributed by atoms with Crippen LogP contribution in [0, 0.1) is 0 Å². The maximum atomic E-state index is 12.0. The summed E-state index contributed by atoms with van der Waals surface area (Å²) in [6.45, 7) is 3.63. The van der Waals surface area contributed by atoms with Crippen molar-refractivity contribution in [2.45, 2.75) is 77.3 Å². The summed E-state index contributed by atoms with van der Waals surface area (Å²) in [4.78, 5) is 12.0. The van der Waals surface area contributed by atoms with Gasteiger partial charge in [0.1, 0.15) is 5.75 Å². The molecule has 1 heterocycles. The number of carbonyl (C=O) groups is 1. The zero-order chi connectivity index (χ0) is 17.2. The number of aromatic hydroxyl groups is 1. The number of phenols is 1. The van der Waals surface area contributed by atoms with Gasteiger partial charge in [0.25, 0.3) is 0 Å². The Balaban J connectivity index is 1.71. The van der Waals surface area contributed by atoms with E-state index in [2.05, 4.69) is 17.6 Å². The lowest BCUT2D eigenvalue weighted by atomic mass is 10.0. The Morgan fingerprint density at radius 3 is 2.75 bits per heavy atom. The monoisotopic (exact) mass is 332 g/mol. The van der Waals surface area contributed by atoms with Crippen LogP contribution in [0.4, 0.5) is 0 Å². The first-order valence-electron chi connectivity index (χ1n) is 9.52. The van der Waals surface area contributed by atoms with E-state index in [9.17, 15) is 9.90 Å². The van der Waals surface area contributed by atoms with Crippen LogP contribution in [-0.4, -0.2) is 23.6 Å². The number of rotatable bonds is 10. The SMILES string of the molecule is CCCCCCCCc1ccc(CNC(=O)C2CCCN2)cc1O. The van der Waals surface area contributed by atoms with Gasteiger partial charge >= 0.3 is 0 Å². The lowest BCUT2D eigenvalue weighted by Crippen LogP contribution is -2.39. The average Bonchev–Trinajstić information content (AvgIpc) is 3.12. The minimum Gasteiger partial charge on any atom is -0.508 e. The third-order valence-corrected chi connectivity index (χ3v) is 4.79.